The van der Waals surface area contributed by atoms with Gasteiger partial charge in [-0.2, -0.15) is 28.7 Å². The van der Waals surface area contributed by atoms with Crippen molar-refractivity contribution in [1.82, 2.24) is 15.4 Å². The fourth-order valence-corrected chi connectivity index (χ4v) is 2.31. The van der Waals surface area contributed by atoms with E-state index in [0.29, 0.717) is 6.07 Å². The predicted molar refractivity (Wildman–Crippen MR) is 82.2 cm³/mol. The van der Waals surface area contributed by atoms with Crippen LogP contribution < -0.4 is 4.74 Å². The zero-order chi connectivity index (χ0) is 19.6. The number of aromatic amines is 1. The van der Waals surface area contributed by atoms with Crippen LogP contribution in [0.25, 0.3) is 11.3 Å². The summed E-state index contributed by atoms with van der Waals surface area (Å²) in [5.74, 6) is -1.72. The first-order chi connectivity index (χ1) is 12.8. The minimum atomic E-state index is -4.70. The standard InChI is InChI=1S/C17H9F5N4O/c18-12-1-2-14(19)10(4-12)8-27-13-5-9(3-11(6-13)17(20,21)22)16-15(7-23)24-26-25-16/h1-6H,8H2,(H,24,25,26). The Hall–Kier alpha value is -3.48. The first kappa shape index (κ1) is 18.3. The summed E-state index contributed by atoms with van der Waals surface area (Å²) in [5, 5.41) is 18.3. The zero-order valence-electron chi connectivity index (χ0n) is 13.3. The molecule has 0 atom stereocenters. The van der Waals surface area contributed by atoms with E-state index in [1.807, 2.05) is 0 Å². The second kappa shape index (κ2) is 7.03. The number of aromatic nitrogens is 3. The molecule has 0 saturated carbocycles. The molecule has 0 aliphatic rings. The van der Waals surface area contributed by atoms with Crippen LogP contribution in [0.15, 0.2) is 36.4 Å². The maximum absolute atomic E-state index is 13.7. The normalized spacial score (nSPS) is 11.3. The maximum Gasteiger partial charge on any atom is 0.416 e. The molecule has 1 N–H and O–H groups in total. The third kappa shape index (κ3) is 4.03. The highest BCUT2D eigenvalue weighted by Crippen LogP contribution is 2.36. The molecule has 3 aromatic rings. The highest BCUT2D eigenvalue weighted by Gasteiger charge is 2.32. The van der Waals surface area contributed by atoms with Crippen molar-refractivity contribution in [3.63, 3.8) is 0 Å². The summed E-state index contributed by atoms with van der Waals surface area (Å²) < 4.78 is 71.6. The molecule has 0 aliphatic heterocycles. The van der Waals surface area contributed by atoms with E-state index in [0.717, 1.165) is 24.3 Å². The molecule has 0 spiro atoms. The van der Waals surface area contributed by atoms with Crippen molar-refractivity contribution in [1.29, 1.82) is 5.26 Å². The molecule has 10 heteroatoms. The number of alkyl halides is 3. The van der Waals surface area contributed by atoms with Crippen molar-refractivity contribution in [2.24, 2.45) is 0 Å². The van der Waals surface area contributed by atoms with Crippen LogP contribution in [0, 0.1) is 23.0 Å². The van der Waals surface area contributed by atoms with Crippen LogP contribution in [0.1, 0.15) is 16.8 Å². The van der Waals surface area contributed by atoms with E-state index in [1.54, 1.807) is 6.07 Å². The predicted octanol–water partition coefficient (Wildman–Crippen LogP) is 4.22. The van der Waals surface area contributed by atoms with Crippen molar-refractivity contribution in [3.05, 3.63) is 64.9 Å². The van der Waals surface area contributed by atoms with E-state index >= 15 is 0 Å². The van der Waals surface area contributed by atoms with Gasteiger partial charge in [0.1, 0.15) is 35.8 Å². The Labute approximate surface area is 149 Å². The number of benzene rings is 2. The fourth-order valence-electron chi connectivity index (χ4n) is 2.31. The molecule has 0 amide bonds. The number of hydrogen-bond acceptors (Lipinski definition) is 4. The number of nitrogens with one attached hydrogen (secondary N) is 1. The van der Waals surface area contributed by atoms with Gasteiger partial charge >= 0.3 is 6.18 Å². The summed E-state index contributed by atoms with van der Waals surface area (Å²) in [4.78, 5) is 0. The van der Waals surface area contributed by atoms with Crippen LogP contribution in [0.2, 0.25) is 0 Å². The van der Waals surface area contributed by atoms with Gasteiger partial charge in [-0.3, -0.25) is 0 Å². The molecule has 3 rings (SSSR count). The number of rotatable bonds is 4. The summed E-state index contributed by atoms with van der Waals surface area (Å²) in [7, 11) is 0. The lowest BCUT2D eigenvalue weighted by atomic mass is 10.1. The molecule has 0 fully saturated rings. The second-order valence-corrected chi connectivity index (χ2v) is 5.40. The van der Waals surface area contributed by atoms with Gasteiger partial charge in [-0.15, -0.1) is 5.10 Å². The van der Waals surface area contributed by atoms with Crippen LogP contribution >= 0.6 is 0 Å². The number of nitrogens with zero attached hydrogens (tertiary/aromatic N) is 3. The third-order valence-corrected chi connectivity index (χ3v) is 3.56. The molecule has 1 aromatic heterocycles. The molecule has 2 aromatic carbocycles. The molecule has 0 unspecified atom stereocenters. The van der Waals surface area contributed by atoms with E-state index in [4.69, 9.17) is 10.00 Å². The molecule has 0 bridgehead atoms. The summed E-state index contributed by atoms with van der Waals surface area (Å²) in [6.07, 6.45) is -4.70. The largest absolute Gasteiger partial charge is 0.489 e. The molecular weight excluding hydrogens is 371 g/mol. The van der Waals surface area contributed by atoms with Crippen LogP contribution in [0.5, 0.6) is 5.75 Å². The van der Waals surface area contributed by atoms with Crippen molar-refractivity contribution < 1.29 is 26.7 Å². The van der Waals surface area contributed by atoms with Crippen molar-refractivity contribution in [2.75, 3.05) is 0 Å². The Bertz CT molecular complexity index is 1020. The molecular formula is C17H9F5N4O. The average molecular weight is 380 g/mol. The van der Waals surface area contributed by atoms with Crippen molar-refractivity contribution in [3.8, 4) is 23.1 Å². The van der Waals surface area contributed by atoms with E-state index in [-0.39, 0.29) is 28.3 Å². The lowest BCUT2D eigenvalue weighted by molar-refractivity contribution is -0.137. The van der Waals surface area contributed by atoms with Crippen LogP contribution in [-0.4, -0.2) is 15.4 Å². The van der Waals surface area contributed by atoms with Crippen LogP contribution in [-0.2, 0) is 12.8 Å². The number of halogens is 5. The lowest BCUT2D eigenvalue weighted by Gasteiger charge is -2.13. The Morgan fingerprint density at radius 2 is 1.85 bits per heavy atom. The van der Waals surface area contributed by atoms with Crippen molar-refractivity contribution in [2.45, 2.75) is 12.8 Å². The smallest absolute Gasteiger partial charge is 0.416 e. The van der Waals surface area contributed by atoms with Gasteiger partial charge < -0.3 is 4.74 Å². The Balaban J connectivity index is 1.98. The van der Waals surface area contributed by atoms with Gasteiger partial charge in [-0.05, 0) is 36.4 Å². The second-order valence-electron chi connectivity index (χ2n) is 5.40. The average Bonchev–Trinajstić information content (AvgIpc) is 3.10. The number of hydrogen-bond donors (Lipinski definition) is 1. The van der Waals surface area contributed by atoms with Gasteiger partial charge in [-0.1, -0.05) is 0 Å². The summed E-state index contributed by atoms with van der Waals surface area (Å²) in [5.41, 5.74) is -1.57. The third-order valence-electron chi connectivity index (χ3n) is 3.56. The van der Waals surface area contributed by atoms with Gasteiger partial charge in [-0.25, -0.2) is 8.78 Å². The zero-order valence-corrected chi connectivity index (χ0v) is 13.3. The van der Waals surface area contributed by atoms with E-state index in [9.17, 15) is 22.0 Å². The van der Waals surface area contributed by atoms with E-state index < -0.39 is 30.0 Å². The minimum Gasteiger partial charge on any atom is -0.489 e. The van der Waals surface area contributed by atoms with Gasteiger partial charge in [0, 0.05) is 11.1 Å². The first-order valence-corrected chi connectivity index (χ1v) is 7.38. The lowest BCUT2D eigenvalue weighted by Crippen LogP contribution is -2.07. The van der Waals surface area contributed by atoms with E-state index in [1.165, 1.54) is 6.07 Å². The minimum absolute atomic E-state index is 0.0650. The quantitative estimate of drug-likeness (QED) is 0.688. The first-order valence-electron chi connectivity index (χ1n) is 7.38. The van der Waals surface area contributed by atoms with Crippen LogP contribution in [0.3, 0.4) is 0 Å². The van der Waals surface area contributed by atoms with Crippen molar-refractivity contribution >= 4 is 0 Å². The topological polar surface area (TPSA) is 74.6 Å². The van der Waals surface area contributed by atoms with Gasteiger partial charge in [0.15, 0.2) is 5.69 Å². The number of ether oxygens (including phenoxy) is 1. The Kier molecular flexibility index (Phi) is 4.77. The monoisotopic (exact) mass is 380 g/mol. The molecule has 0 aliphatic carbocycles. The van der Waals surface area contributed by atoms with Gasteiger partial charge in [0.05, 0.1) is 5.56 Å². The summed E-state index contributed by atoms with van der Waals surface area (Å²) in [6, 6.07) is 7.09. The molecule has 1 heterocycles. The van der Waals surface area contributed by atoms with Gasteiger partial charge in [0.25, 0.3) is 0 Å². The number of H-pyrrole nitrogens is 1. The molecule has 138 valence electrons. The Morgan fingerprint density at radius 3 is 2.56 bits per heavy atom. The molecule has 0 radical (unpaired) electrons. The maximum atomic E-state index is 13.7. The number of nitriles is 1. The highest BCUT2D eigenvalue weighted by molar-refractivity contribution is 5.67. The summed E-state index contributed by atoms with van der Waals surface area (Å²) in [6.45, 7) is -0.492. The van der Waals surface area contributed by atoms with Crippen LogP contribution in [0.4, 0.5) is 22.0 Å². The SMILES string of the molecule is N#Cc1n[nH]nc1-c1cc(OCc2cc(F)ccc2F)cc(C(F)(F)F)c1. The summed E-state index contributed by atoms with van der Waals surface area (Å²) >= 11 is 0. The molecule has 27 heavy (non-hydrogen) atoms. The fraction of sp³-hybridized carbons (Fsp3) is 0.118. The molecule has 0 saturated heterocycles. The molecule has 5 nitrogen and oxygen atoms in total. The Morgan fingerprint density at radius 1 is 1.07 bits per heavy atom. The highest BCUT2D eigenvalue weighted by atomic mass is 19.4. The van der Waals surface area contributed by atoms with E-state index in [2.05, 4.69) is 15.4 Å². The van der Waals surface area contributed by atoms with Gasteiger partial charge in [0.2, 0.25) is 0 Å².